The van der Waals surface area contributed by atoms with Crippen LogP contribution < -0.4 is 10.1 Å². The lowest BCUT2D eigenvalue weighted by atomic mass is 9.74. The van der Waals surface area contributed by atoms with Gasteiger partial charge in [-0.1, -0.05) is 18.2 Å². The van der Waals surface area contributed by atoms with Crippen LogP contribution in [-0.2, 0) is 28.1 Å². The van der Waals surface area contributed by atoms with E-state index in [1.54, 1.807) is 4.90 Å². The summed E-state index contributed by atoms with van der Waals surface area (Å²) >= 11 is 0. The van der Waals surface area contributed by atoms with Gasteiger partial charge >= 0.3 is 0 Å². The minimum atomic E-state index is -0.611. The predicted octanol–water partition coefficient (Wildman–Crippen LogP) is 3.16. The van der Waals surface area contributed by atoms with E-state index < -0.39 is 6.04 Å². The first-order chi connectivity index (χ1) is 17.9. The van der Waals surface area contributed by atoms with E-state index >= 15 is 0 Å². The van der Waals surface area contributed by atoms with Gasteiger partial charge in [-0.25, -0.2) is 0 Å². The number of aryl methyl sites for hydroxylation is 1. The van der Waals surface area contributed by atoms with Crippen LogP contribution >= 0.6 is 0 Å². The molecule has 1 spiro atoms. The fraction of sp³-hybridized carbons (Fsp3) is 0.414. The summed E-state index contributed by atoms with van der Waals surface area (Å²) in [7, 11) is 0. The summed E-state index contributed by atoms with van der Waals surface area (Å²) in [6, 6.07) is 12.1. The fourth-order valence-electron chi connectivity index (χ4n) is 6.77. The first-order valence-electron chi connectivity index (χ1n) is 13.2. The van der Waals surface area contributed by atoms with Crippen molar-refractivity contribution < 1.29 is 19.1 Å². The Bertz CT molecular complexity index is 1470. The number of rotatable bonds is 3. The van der Waals surface area contributed by atoms with Crippen molar-refractivity contribution in [1.29, 1.82) is 0 Å². The van der Waals surface area contributed by atoms with Crippen LogP contribution in [0.3, 0.4) is 0 Å². The van der Waals surface area contributed by atoms with Gasteiger partial charge in [0.05, 0.1) is 13.2 Å². The molecule has 2 fully saturated rings. The number of nitrogens with one attached hydrogen (secondary N) is 2. The molecule has 4 aliphatic heterocycles. The number of ether oxygens (including phenoxy) is 1. The van der Waals surface area contributed by atoms with Crippen molar-refractivity contribution in [2.24, 2.45) is 0 Å². The molecule has 0 aliphatic carbocycles. The van der Waals surface area contributed by atoms with Gasteiger partial charge in [0, 0.05) is 51.7 Å². The third-order valence-electron chi connectivity index (χ3n) is 8.83. The second-order valence-electron chi connectivity index (χ2n) is 11.0. The van der Waals surface area contributed by atoms with E-state index in [9.17, 15) is 14.4 Å². The zero-order chi connectivity index (χ0) is 25.3. The Morgan fingerprint density at radius 3 is 2.76 bits per heavy atom. The number of nitrogens with zero attached hydrogens (tertiary/aromatic N) is 2. The molecule has 5 heterocycles. The number of hydrogen-bond acceptors (Lipinski definition) is 5. The molecule has 37 heavy (non-hydrogen) atoms. The topological polar surface area (TPSA) is 94.7 Å². The molecule has 3 amide bonds. The average Bonchev–Trinajstić information content (AvgIpc) is 3.54. The molecular formula is C29H30N4O4. The lowest BCUT2D eigenvalue weighted by molar-refractivity contribution is -0.136. The highest BCUT2D eigenvalue weighted by Gasteiger charge is 2.47. The van der Waals surface area contributed by atoms with Crippen molar-refractivity contribution >= 4 is 28.6 Å². The Balaban J connectivity index is 1.09. The van der Waals surface area contributed by atoms with Crippen LogP contribution in [0.5, 0.6) is 5.75 Å². The number of likely N-dealkylation sites (tertiary alicyclic amines) is 1. The van der Waals surface area contributed by atoms with Gasteiger partial charge in [-0.2, -0.15) is 0 Å². The van der Waals surface area contributed by atoms with E-state index in [1.165, 1.54) is 27.7 Å². The summed E-state index contributed by atoms with van der Waals surface area (Å²) < 4.78 is 6.32. The molecular weight excluding hydrogens is 468 g/mol. The van der Waals surface area contributed by atoms with E-state index in [1.807, 2.05) is 6.07 Å². The highest BCUT2D eigenvalue weighted by Crippen LogP contribution is 2.49. The monoisotopic (exact) mass is 498 g/mol. The number of piperidine rings is 2. The van der Waals surface area contributed by atoms with Gasteiger partial charge in [-0.15, -0.1) is 0 Å². The highest BCUT2D eigenvalue weighted by atomic mass is 16.5. The maximum Gasteiger partial charge on any atom is 0.255 e. The second kappa shape index (κ2) is 8.18. The number of H-pyrrole nitrogens is 1. The van der Waals surface area contributed by atoms with Gasteiger partial charge < -0.3 is 14.6 Å². The van der Waals surface area contributed by atoms with Crippen molar-refractivity contribution in [2.75, 3.05) is 19.7 Å². The smallest absolute Gasteiger partial charge is 0.255 e. The van der Waals surface area contributed by atoms with Crippen molar-refractivity contribution in [1.82, 2.24) is 20.1 Å². The van der Waals surface area contributed by atoms with Gasteiger partial charge in [0.15, 0.2) is 0 Å². The molecule has 0 bridgehead atoms. The highest BCUT2D eigenvalue weighted by molar-refractivity contribution is 6.05. The number of amides is 3. The lowest BCUT2D eigenvalue weighted by Crippen LogP contribution is -2.52. The molecule has 8 heteroatoms. The standard InChI is InChI=1S/C29H30N4O4/c1-17-13-20-18(3-2-4-23(20)30-17)14-32-11-9-29(10-12-32)16-37-26-21-15-33(24-7-8-25(34)31-27(24)35)28(36)19(21)5-6-22(26)29/h2-6,13,24,30H,7-12,14-16H2,1H3,(H,31,34,35). The fourth-order valence-corrected chi connectivity index (χ4v) is 6.77. The summed E-state index contributed by atoms with van der Waals surface area (Å²) in [6.07, 6.45) is 2.63. The molecule has 1 unspecified atom stereocenters. The average molecular weight is 499 g/mol. The summed E-state index contributed by atoms with van der Waals surface area (Å²) in [4.78, 5) is 44.8. The Kier molecular flexibility index (Phi) is 4.98. The van der Waals surface area contributed by atoms with E-state index in [0.717, 1.165) is 43.8 Å². The summed E-state index contributed by atoms with van der Waals surface area (Å²) in [5.74, 6) is 0.0228. The molecule has 1 atom stereocenters. The molecule has 4 aliphatic rings. The molecule has 8 nitrogen and oxygen atoms in total. The van der Waals surface area contributed by atoms with E-state index in [2.05, 4.69) is 52.5 Å². The largest absolute Gasteiger partial charge is 0.492 e. The summed E-state index contributed by atoms with van der Waals surface area (Å²) in [5, 5.41) is 3.68. The van der Waals surface area contributed by atoms with Gasteiger partial charge in [-0.05, 0) is 63.0 Å². The van der Waals surface area contributed by atoms with Gasteiger partial charge in [0.1, 0.15) is 11.8 Å². The maximum absolute atomic E-state index is 13.2. The first-order valence-corrected chi connectivity index (χ1v) is 13.2. The van der Waals surface area contributed by atoms with Crippen molar-refractivity contribution in [3.63, 3.8) is 0 Å². The van der Waals surface area contributed by atoms with Crippen LogP contribution in [-0.4, -0.2) is 58.2 Å². The number of hydrogen-bond donors (Lipinski definition) is 2. The van der Waals surface area contributed by atoms with E-state index in [0.29, 0.717) is 25.1 Å². The van der Waals surface area contributed by atoms with Crippen LogP contribution in [0, 0.1) is 6.92 Å². The van der Waals surface area contributed by atoms with Crippen LogP contribution in [0.2, 0.25) is 0 Å². The SMILES string of the molecule is Cc1cc2c(CN3CCC4(CC3)COc3c4ccc4c3CN(C3CCC(=O)NC3=O)C4=O)cccc2[nH]1. The maximum atomic E-state index is 13.2. The predicted molar refractivity (Wildman–Crippen MR) is 137 cm³/mol. The molecule has 190 valence electrons. The van der Waals surface area contributed by atoms with Crippen molar-refractivity contribution in [3.8, 4) is 5.75 Å². The third kappa shape index (κ3) is 3.49. The van der Waals surface area contributed by atoms with Crippen molar-refractivity contribution in [3.05, 3.63) is 64.3 Å². The zero-order valence-electron chi connectivity index (χ0n) is 20.9. The Labute approximate surface area is 214 Å². The minimum absolute atomic E-state index is 0.0390. The molecule has 3 aromatic rings. The number of benzene rings is 2. The molecule has 1 aromatic heterocycles. The molecule has 0 radical (unpaired) electrons. The first kappa shape index (κ1) is 22.5. The number of carbonyl (C=O) groups excluding carboxylic acids is 3. The van der Waals surface area contributed by atoms with Crippen LogP contribution in [0.1, 0.15) is 58.4 Å². The number of aromatic nitrogens is 1. The normalized spacial score (nSPS) is 22.9. The minimum Gasteiger partial charge on any atom is -0.492 e. The van der Waals surface area contributed by atoms with E-state index in [4.69, 9.17) is 4.74 Å². The van der Waals surface area contributed by atoms with Crippen LogP contribution in [0.4, 0.5) is 0 Å². The van der Waals surface area contributed by atoms with E-state index in [-0.39, 0.29) is 29.6 Å². The lowest BCUT2D eigenvalue weighted by Gasteiger charge is -2.38. The number of imide groups is 1. The Hall–Kier alpha value is -3.65. The quantitative estimate of drug-likeness (QED) is 0.541. The van der Waals surface area contributed by atoms with Crippen LogP contribution in [0.25, 0.3) is 10.9 Å². The Morgan fingerprint density at radius 2 is 1.95 bits per heavy atom. The zero-order valence-corrected chi connectivity index (χ0v) is 20.9. The summed E-state index contributed by atoms with van der Waals surface area (Å²) in [6.45, 7) is 5.98. The second-order valence-corrected chi connectivity index (χ2v) is 11.0. The number of fused-ring (bicyclic) bond motifs is 5. The van der Waals surface area contributed by atoms with Crippen LogP contribution in [0.15, 0.2) is 36.4 Å². The molecule has 0 saturated carbocycles. The number of carbonyl (C=O) groups is 3. The molecule has 7 rings (SSSR count). The van der Waals surface area contributed by atoms with Gasteiger partial charge in [-0.3, -0.25) is 24.6 Å². The summed E-state index contributed by atoms with van der Waals surface area (Å²) in [5.41, 5.74) is 6.40. The van der Waals surface area contributed by atoms with Crippen molar-refractivity contribution in [2.45, 2.75) is 57.2 Å². The number of aromatic amines is 1. The van der Waals surface area contributed by atoms with Gasteiger partial charge in [0.25, 0.3) is 5.91 Å². The third-order valence-corrected chi connectivity index (χ3v) is 8.83. The Morgan fingerprint density at radius 1 is 1.11 bits per heavy atom. The molecule has 2 N–H and O–H groups in total. The molecule has 2 saturated heterocycles. The molecule has 2 aromatic carbocycles. The van der Waals surface area contributed by atoms with Gasteiger partial charge in [0.2, 0.25) is 11.8 Å².